The molecule has 2 nitrogen and oxygen atoms in total. The quantitative estimate of drug-likeness (QED) is 0.776. The molecule has 82 valence electrons. The highest BCUT2D eigenvalue weighted by Gasteiger charge is 2.32. The maximum atomic E-state index is 10.0. The molecule has 0 radical (unpaired) electrons. The smallest absolute Gasteiger partial charge is 0.0612 e. The average molecular weight is 206 g/mol. The second-order valence-corrected chi connectivity index (χ2v) is 4.38. The fraction of sp³-hybridized carbons (Fsp3) is 0.538. The fourth-order valence-corrected chi connectivity index (χ4v) is 2.64. The molecule has 0 heterocycles. The van der Waals surface area contributed by atoms with Gasteiger partial charge >= 0.3 is 0 Å². The maximum absolute atomic E-state index is 10.0. The van der Waals surface area contributed by atoms with E-state index in [0.717, 1.165) is 24.8 Å². The van der Waals surface area contributed by atoms with Gasteiger partial charge in [0.2, 0.25) is 0 Å². The van der Waals surface area contributed by atoms with Crippen LogP contribution in [-0.4, -0.2) is 22.9 Å². The van der Waals surface area contributed by atoms with Gasteiger partial charge in [0.05, 0.1) is 6.10 Å². The molecule has 0 unspecified atom stereocenters. The summed E-state index contributed by atoms with van der Waals surface area (Å²) in [6.07, 6.45) is 2.61. The summed E-state index contributed by atoms with van der Waals surface area (Å²) >= 11 is 0. The molecule has 1 aliphatic rings. The molecule has 0 bridgehead atoms. The molecule has 1 fully saturated rings. The summed E-state index contributed by atoms with van der Waals surface area (Å²) in [6, 6.07) is 10.0. The first-order chi connectivity index (χ1) is 7.33. The standard InChI is InChI=1S/C13H18O2/c14-9-11-7-4-8-12(15)13(11)10-5-2-1-3-6-10/h1-3,5-6,11-15H,4,7-9H2/t11-,12-,13+/m0/s1. The zero-order chi connectivity index (χ0) is 10.7. The molecule has 1 aliphatic carbocycles. The van der Waals surface area contributed by atoms with Crippen molar-refractivity contribution in [3.8, 4) is 0 Å². The van der Waals surface area contributed by atoms with Gasteiger partial charge in [-0.2, -0.15) is 0 Å². The van der Waals surface area contributed by atoms with Crippen LogP contribution >= 0.6 is 0 Å². The number of rotatable bonds is 2. The number of aliphatic hydroxyl groups excluding tert-OH is 2. The Hall–Kier alpha value is -0.860. The van der Waals surface area contributed by atoms with Crippen molar-refractivity contribution >= 4 is 0 Å². The van der Waals surface area contributed by atoms with Gasteiger partial charge in [-0.05, 0) is 24.3 Å². The van der Waals surface area contributed by atoms with Gasteiger partial charge in [0.25, 0.3) is 0 Å². The molecule has 3 atom stereocenters. The molecule has 1 aromatic rings. The van der Waals surface area contributed by atoms with Gasteiger partial charge in [0.1, 0.15) is 0 Å². The van der Waals surface area contributed by atoms with E-state index in [0.29, 0.717) is 0 Å². The van der Waals surface area contributed by atoms with E-state index in [-0.39, 0.29) is 24.5 Å². The zero-order valence-electron chi connectivity index (χ0n) is 8.84. The van der Waals surface area contributed by atoms with E-state index in [2.05, 4.69) is 0 Å². The summed E-state index contributed by atoms with van der Waals surface area (Å²) in [5, 5.41) is 19.3. The molecule has 0 amide bonds. The predicted octanol–water partition coefficient (Wildman–Crippen LogP) is 1.92. The van der Waals surface area contributed by atoms with E-state index in [9.17, 15) is 10.2 Å². The molecule has 1 saturated carbocycles. The summed E-state index contributed by atoms with van der Waals surface area (Å²) in [7, 11) is 0. The average Bonchev–Trinajstić information content (AvgIpc) is 2.29. The lowest BCUT2D eigenvalue weighted by molar-refractivity contribution is 0.0493. The highest BCUT2D eigenvalue weighted by Crippen LogP contribution is 2.37. The van der Waals surface area contributed by atoms with Crippen molar-refractivity contribution in [2.75, 3.05) is 6.61 Å². The number of benzene rings is 1. The third-order valence-electron chi connectivity index (χ3n) is 3.42. The number of hydrogen-bond donors (Lipinski definition) is 2. The zero-order valence-corrected chi connectivity index (χ0v) is 8.84. The topological polar surface area (TPSA) is 40.5 Å². The molecule has 0 aromatic heterocycles. The highest BCUT2D eigenvalue weighted by atomic mass is 16.3. The fourth-order valence-electron chi connectivity index (χ4n) is 2.64. The minimum atomic E-state index is -0.293. The molecule has 0 spiro atoms. The Morgan fingerprint density at radius 1 is 1.13 bits per heavy atom. The third-order valence-corrected chi connectivity index (χ3v) is 3.42. The number of hydrogen-bond acceptors (Lipinski definition) is 2. The van der Waals surface area contributed by atoms with Crippen molar-refractivity contribution in [1.82, 2.24) is 0 Å². The Labute approximate surface area is 90.6 Å². The first-order valence-corrected chi connectivity index (χ1v) is 5.67. The van der Waals surface area contributed by atoms with Crippen molar-refractivity contribution in [1.29, 1.82) is 0 Å². The van der Waals surface area contributed by atoms with Gasteiger partial charge < -0.3 is 10.2 Å². The lowest BCUT2D eigenvalue weighted by Gasteiger charge is -2.34. The molecule has 15 heavy (non-hydrogen) atoms. The molecule has 2 rings (SSSR count). The van der Waals surface area contributed by atoms with Crippen LogP contribution in [-0.2, 0) is 0 Å². The van der Waals surface area contributed by atoms with E-state index >= 15 is 0 Å². The van der Waals surface area contributed by atoms with Gasteiger partial charge in [0, 0.05) is 12.5 Å². The van der Waals surface area contributed by atoms with Crippen LogP contribution in [0.2, 0.25) is 0 Å². The van der Waals surface area contributed by atoms with Gasteiger partial charge in [-0.25, -0.2) is 0 Å². The van der Waals surface area contributed by atoms with Crippen LogP contribution in [0.1, 0.15) is 30.7 Å². The Kier molecular flexibility index (Phi) is 3.39. The Morgan fingerprint density at radius 2 is 1.87 bits per heavy atom. The van der Waals surface area contributed by atoms with Crippen molar-refractivity contribution in [3.63, 3.8) is 0 Å². The second-order valence-electron chi connectivity index (χ2n) is 4.38. The van der Waals surface area contributed by atoms with E-state index in [1.165, 1.54) is 0 Å². The van der Waals surface area contributed by atoms with Gasteiger partial charge in [-0.3, -0.25) is 0 Å². The lowest BCUT2D eigenvalue weighted by atomic mass is 9.74. The first kappa shape index (κ1) is 10.7. The third kappa shape index (κ3) is 2.21. The van der Waals surface area contributed by atoms with Crippen molar-refractivity contribution in [2.45, 2.75) is 31.3 Å². The second kappa shape index (κ2) is 4.77. The Morgan fingerprint density at radius 3 is 2.53 bits per heavy atom. The monoisotopic (exact) mass is 206 g/mol. The van der Waals surface area contributed by atoms with E-state index in [1.807, 2.05) is 30.3 Å². The van der Waals surface area contributed by atoms with Gasteiger partial charge in [-0.15, -0.1) is 0 Å². The highest BCUT2D eigenvalue weighted by molar-refractivity contribution is 5.22. The molecule has 1 aromatic carbocycles. The van der Waals surface area contributed by atoms with Crippen LogP contribution in [0.3, 0.4) is 0 Å². The van der Waals surface area contributed by atoms with E-state index in [1.54, 1.807) is 0 Å². The Bertz CT molecular complexity index is 297. The van der Waals surface area contributed by atoms with Crippen molar-refractivity contribution in [2.24, 2.45) is 5.92 Å². The first-order valence-electron chi connectivity index (χ1n) is 5.67. The Balaban J connectivity index is 2.23. The molecular formula is C13H18O2. The molecule has 2 heteroatoms. The number of aliphatic hydroxyl groups is 2. The van der Waals surface area contributed by atoms with Crippen LogP contribution in [0.15, 0.2) is 30.3 Å². The SMILES string of the molecule is OC[C@@H]1CCC[C@H](O)[C@@H]1c1ccccc1. The lowest BCUT2D eigenvalue weighted by Crippen LogP contribution is -2.32. The summed E-state index contributed by atoms with van der Waals surface area (Å²) in [4.78, 5) is 0. The summed E-state index contributed by atoms with van der Waals surface area (Å²) in [6.45, 7) is 0.177. The van der Waals surface area contributed by atoms with Gasteiger partial charge in [0.15, 0.2) is 0 Å². The largest absolute Gasteiger partial charge is 0.396 e. The molecule has 2 N–H and O–H groups in total. The minimum Gasteiger partial charge on any atom is -0.396 e. The molecule has 0 aliphatic heterocycles. The van der Waals surface area contributed by atoms with Crippen LogP contribution in [0.25, 0.3) is 0 Å². The van der Waals surface area contributed by atoms with E-state index < -0.39 is 0 Å². The predicted molar refractivity (Wildman–Crippen MR) is 59.6 cm³/mol. The van der Waals surface area contributed by atoms with E-state index in [4.69, 9.17) is 0 Å². The van der Waals surface area contributed by atoms with Gasteiger partial charge in [-0.1, -0.05) is 36.8 Å². The summed E-state index contributed by atoms with van der Waals surface area (Å²) in [5.41, 5.74) is 1.16. The van der Waals surface area contributed by atoms with Crippen LogP contribution < -0.4 is 0 Å². The maximum Gasteiger partial charge on any atom is 0.0612 e. The van der Waals surface area contributed by atoms with Crippen molar-refractivity contribution < 1.29 is 10.2 Å². The summed E-state index contributed by atoms with van der Waals surface area (Å²) < 4.78 is 0. The normalized spacial score (nSPS) is 31.5. The van der Waals surface area contributed by atoms with Crippen LogP contribution in [0.5, 0.6) is 0 Å². The van der Waals surface area contributed by atoms with Crippen LogP contribution in [0, 0.1) is 5.92 Å². The van der Waals surface area contributed by atoms with Crippen LogP contribution in [0.4, 0.5) is 0 Å². The summed E-state index contributed by atoms with van der Waals surface area (Å²) in [5.74, 6) is 0.334. The molecule has 0 saturated heterocycles. The molecular weight excluding hydrogens is 188 g/mol. The van der Waals surface area contributed by atoms with Crippen molar-refractivity contribution in [3.05, 3.63) is 35.9 Å². The minimum absolute atomic E-state index is 0.116.